The van der Waals surface area contributed by atoms with Crippen LogP contribution < -0.4 is 10.6 Å². The zero-order chi connectivity index (χ0) is 15.0. The lowest BCUT2D eigenvalue weighted by Crippen LogP contribution is -2.41. The number of rotatable bonds is 7. The zero-order valence-corrected chi connectivity index (χ0v) is 12.9. The van der Waals surface area contributed by atoms with Gasteiger partial charge in [0.25, 0.3) is 0 Å². The van der Waals surface area contributed by atoms with Gasteiger partial charge in [-0.1, -0.05) is 20.3 Å². The van der Waals surface area contributed by atoms with Gasteiger partial charge in [-0.2, -0.15) is 0 Å². The third kappa shape index (κ3) is 5.90. The van der Waals surface area contributed by atoms with Gasteiger partial charge in [-0.25, -0.2) is 0 Å². The van der Waals surface area contributed by atoms with Crippen LogP contribution in [0.4, 0.5) is 0 Å². The second kappa shape index (κ2) is 8.95. The average Bonchev–Trinajstić information content (AvgIpc) is 2.43. The Bertz CT molecular complexity index is 318. The van der Waals surface area contributed by atoms with E-state index in [1.165, 1.54) is 0 Å². The number of carbonyl (C=O) groups excluding carboxylic acids is 2. The molecule has 116 valence electrons. The lowest BCUT2D eigenvalue weighted by molar-refractivity contribution is -0.149. The van der Waals surface area contributed by atoms with Crippen molar-refractivity contribution in [3.05, 3.63) is 0 Å². The Hall–Kier alpha value is -1.10. The van der Waals surface area contributed by atoms with Crippen molar-refractivity contribution in [2.45, 2.75) is 52.5 Å². The summed E-state index contributed by atoms with van der Waals surface area (Å²) in [5.41, 5.74) is 0. The highest BCUT2D eigenvalue weighted by molar-refractivity contribution is 5.77. The van der Waals surface area contributed by atoms with Gasteiger partial charge in [0.15, 0.2) is 0 Å². The van der Waals surface area contributed by atoms with Crippen molar-refractivity contribution in [3.8, 4) is 0 Å². The minimum absolute atomic E-state index is 0.0258. The fourth-order valence-electron chi connectivity index (χ4n) is 2.52. The van der Waals surface area contributed by atoms with Gasteiger partial charge < -0.3 is 15.4 Å². The van der Waals surface area contributed by atoms with E-state index < -0.39 is 0 Å². The number of hydrogen-bond acceptors (Lipinski definition) is 4. The third-order valence-corrected chi connectivity index (χ3v) is 3.68. The molecule has 0 bridgehead atoms. The first-order chi connectivity index (χ1) is 9.54. The maximum Gasteiger partial charge on any atom is 0.308 e. The summed E-state index contributed by atoms with van der Waals surface area (Å²) < 4.78 is 5.09. The van der Waals surface area contributed by atoms with Crippen molar-refractivity contribution in [1.82, 2.24) is 10.6 Å². The molecule has 1 saturated carbocycles. The first kappa shape index (κ1) is 17.0. The third-order valence-electron chi connectivity index (χ3n) is 3.68. The van der Waals surface area contributed by atoms with Crippen LogP contribution in [0.2, 0.25) is 0 Å². The van der Waals surface area contributed by atoms with Crippen molar-refractivity contribution in [1.29, 1.82) is 0 Å². The van der Waals surface area contributed by atoms with E-state index >= 15 is 0 Å². The average molecular weight is 284 g/mol. The molecule has 0 aromatic carbocycles. The molecule has 0 saturated heterocycles. The van der Waals surface area contributed by atoms with Crippen LogP contribution in [0.5, 0.6) is 0 Å². The van der Waals surface area contributed by atoms with E-state index in [4.69, 9.17) is 4.74 Å². The Balaban J connectivity index is 2.20. The second-order valence-corrected chi connectivity index (χ2v) is 5.71. The Morgan fingerprint density at radius 1 is 1.25 bits per heavy atom. The van der Waals surface area contributed by atoms with Gasteiger partial charge in [-0.05, 0) is 26.2 Å². The maximum atomic E-state index is 11.7. The van der Waals surface area contributed by atoms with E-state index in [0.717, 1.165) is 32.2 Å². The van der Waals surface area contributed by atoms with Gasteiger partial charge in [-0.3, -0.25) is 9.59 Å². The standard InChI is InChI=1S/C15H28N2O3/c1-4-20-15(19)12-6-5-7-13(10-12)16-8-9-17-14(18)11(2)3/h11-13,16H,4-10H2,1-3H3,(H,17,18). The molecule has 0 heterocycles. The molecule has 0 spiro atoms. The normalized spacial score (nSPS) is 22.6. The highest BCUT2D eigenvalue weighted by Gasteiger charge is 2.27. The molecule has 5 heteroatoms. The quantitative estimate of drug-likeness (QED) is 0.549. The van der Waals surface area contributed by atoms with Crippen molar-refractivity contribution >= 4 is 11.9 Å². The number of esters is 1. The largest absolute Gasteiger partial charge is 0.466 e. The Morgan fingerprint density at radius 3 is 2.65 bits per heavy atom. The van der Waals surface area contributed by atoms with E-state index in [0.29, 0.717) is 19.2 Å². The zero-order valence-electron chi connectivity index (χ0n) is 12.9. The molecule has 1 amide bonds. The minimum Gasteiger partial charge on any atom is -0.466 e. The number of hydrogen-bond donors (Lipinski definition) is 2. The fraction of sp³-hybridized carbons (Fsp3) is 0.867. The van der Waals surface area contributed by atoms with Gasteiger partial charge in [0.2, 0.25) is 5.91 Å². The van der Waals surface area contributed by atoms with Crippen molar-refractivity contribution in [2.24, 2.45) is 11.8 Å². The fourth-order valence-corrected chi connectivity index (χ4v) is 2.52. The summed E-state index contributed by atoms with van der Waals surface area (Å²) >= 11 is 0. The molecule has 0 radical (unpaired) electrons. The van der Waals surface area contributed by atoms with Crippen LogP contribution in [0.25, 0.3) is 0 Å². The number of ether oxygens (including phenoxy) is 1. The molecule has 2 N–H and O–H groups in total. The van der Waals surface area contributed by atoms with E-state index in [1.54, 1.807) is 0 Å². The first-order valence-corrected chi connectivity index (χ1v) is 7.72. The predicted molar refractivity (Wildman–Crippen MR) is 78.2 cm³/mol. The van der Waals surface area contributed by atoms with Crippen LogP contribution in [0.1, 0.15) is 46.5 Å². The van der Waals surface area contributed by atoms with Crippen LogP contribution in [0, 0.1) is 11.8 Å². The van der Waals surface area contributed by atoms with E-state index in [1.807, 2.05) is 20.8 Å². The first-order valence-electron chi connectivity index (χ1n) is 7.72. The van der Waals surface area contributed by atoms with Crippen LogP contribution in [-0.2, 0) is 14.3 Å². The molecule has 1 rings (SSSR count). The smallest absolute Gasteiger partial charge is 0.308 e. The van der Waals surface area contributed by atoms with Gasteiger partial charge in [0.05, 0.1) is 12.5 Å². The number of amides is 1. The van der Waals surface area contributed by atoms with Gasteiger partial charge in [-0.15, -0.1) is 0 Å². The molecule has 2 atom stereocenters. The lowest BCUT2D eigenvalue weighted by Gasteiger charge is -2.28. The monoisotopic (exact) mass is 284 g/mol. The van der Waals surface area contributed by atoms with Crippen LogP contribution in [-0.4, -0.2) is 37.6 Å². The Morgan fingerprint density at radius 2 is 2.00 bits per heavy atom. The Kier molecular flexibility index (Phi) is 7.59. The SMILES string of the molecule is CCOC(=O)C1CCCC(NCCNC(=O)C(C)C)C1. The van der Waals surface area contributed by atoms with Crippen molar-refractivity contribution < 1.29 is 14.3 Å². The molecular weight excluding hydrogens is 256 g/mol. The summed E-state index contributed by atoms with van der Waals surface area (Å²) in [5.74, 6) is 0.0799. The van der Waals surface area contributed by atoms with E-state index in [-0.39, 0.29) is 23.7 Å². The molecule has 20 heavy (non-hydrogen) atoms. The van der Waals surface area contributed by atoms with Gasteiger partial charge in [0.1, 0.15) is 0 Å². The molecule has 1 aliphatic rings. The molecular formula is C15H28N2O3. The summed E-state index contributed by atoms with van der Waals surface area (Å²) in [7, 11) is 0. The molecule has 1 aliphatic carbocycles. The lowest BCUT2D eigenvalue weighted by atomic mass is 9.86. The van der Waals surface area contributed by atoms with Crippen molar-refractivity contribution in [2.75, 3.05) is 19.7 Å². The molecule has 2 unspecified atom stereocenters. The predicted octanol–water partition coefficient (Wildman–Crippen LogP) is 1.47. The highest BCUT2D eigenvalue weighted by Crippen LogP contribution is 2.25. The van der Waals surface area contributed by atoms with Crippen LogP contribution in [0.3, 0.4) is 0 Å². The summed E-state index contributed by atoms with van der Waals surface area (Å²) in [4.78, 5) is 23.1. The second-order valence-electron chi connectivity index (χ2n) is 5.71. The van der Waals surface area contributed by atoms with Crippen LogP contribution >= 0.6 is 0 Å². The summed E-state index contributed by atoms with van der Waals surface area (Å²) in [5, 5.41) is 6.30. The van der Waals surface area contributed by atoms with Crippen LogP contribution in [0.15, 0.2) is 0 Å². The molecule has 0 aromatic rings. The number of nitrogens with one attached hydrogen (secondary N) is 2. The summed E-state index contributed by atoms with van der Waals surface area (Å²) in [6.07, 6.45) is 3.92. The minimum atomic E-state index is -0.0629. The highest BCUT2D eigenvalue weighted by atomic mass is 16.5. The van der Waals surface area contributed by atoms with E-state index in [2.05, 4.69) is 10.6 Å². The van der Waals surface area contributed by atoms with E-state index in [9.17, 15) is 9.59 Å². The summed E-state index contributed by atoms with van der Waals surface area (Å²) in [6.45, 7) is 7.44. The molecule has 0 aromatic heterocycles. The Labute approximate surface area is 121 Å². The molecule has 0 aliphatic heterocycles. The summed E-state index contributed by atoms with van der Waals surface area (Å²) in [6, 6.07) is 0.356. The van der Waals surface area contributed by atoms with Gasteiger partial charge in [0, 0.05) is 25.0 Å². The molecule has 5 nitrogen and oxygen atoms in total. The number of carbonyl (C=O) groups is 2. The molecule has 1 fully saturated rings. The van der Waals surface area contributed by atoms with Gasteiger partial charge >= 0.3 is 5.97 Å². The van der Waals surface area contributed by atoms with Crippen molar-refractivity contribution in [3.63, 3.8) is 0 Å². The topological polar surface area (TPSA) is 67.4 Å². The maximum absolute atomic E-state index is 11.7.